The van der Waals surface area contributed by atoms with E-state index < -0.39 is 5.97 Å². The van der Waals surface area contributed by atoms with Crippen LogP contribution in [0.5, 0.6) is 0 Å². The lowest BCUT2D eigenvalue weighted by Crippen LogP contribution is -2.36. The number of aryl methyl sites for hydroxylation is 2. The number of hydrogen-bond acceptors (Lipinski definition) is 3. The first kappa shape index (κ1) is 14.8. The Hall–Kier alpha value is -1.58. The highest BCUT2D eigenvalue weighted by atomic mass is 16.4. The number of carboxylic acid groups (broad SMARTS) is 1. The molecular formula is C16H24N2O2. The van der Waals surface area contributed by atoms with Crippen LogP contribution >= 0.6 is 0 Å². The molecule has 0 aromatic carbocycles. The monoisotopic (exact) mass is 276 g/mol. The van der Waals surface area contributed by atoms with Gasteiger partial charge in [-0.15, -0.1) is 0 Å². The Bertz CT molecular complexity index is 499. The molecule has 1 aliphatic rings. The summed E-state index contributed by atoms with van der Waals surface area (Å²) in [7, 11) is 0. The molecule has 20 heavy (non-hydrogen) atoms. The van der Waals surface area contributed by atoms with E-state index in [-0.39, 0.29) is 0 Å². The summed E-state index contributed by atoms with van der Waals surface area (Å²) in [6.07, 6.45) is 5.81. The van der Waals surface area contributed by atoms with E-state index in [4.69, 9.17) is 0 Å². The minimum absolute atomic E-state index is 0.371. The number of aromatic nitrogens is 1. The molecule has 1 N–H and O–H groups in total. The second-order valence-electron chi connectivity index (χ2n) is 5.65. The Balaban J connectivity index is 2.50. The maximum atomic E-state index is 11.6. The van der Waals surface area contributed by atoms with Crippen LogP contribution in [0.2, 0.25) is 0 Å². The fraction of sp³-hybridized carbons (Fsp3) is 0.625. The van der Waals surface area contributed by atoms with Gasteiger partial charge in [-0.25, -0.2) is 4.79 Å². The van der Waals surface area contributed by atoms with Gasteiger partial charge in [-0.2, -0.15) is 0 Å². The second kappa shape index (κ2) is 6.25. The quantitative estimate of drug-likeness (QED) is 0.917. The van der Waals surface area contributed by atoms with Gasteiger partial charge >= 0.3 is 5.97 Å². The molecule has 0 saturated carbocycles. The Morgan fingerprint density at radius 2 is 2.15 bits per heavy atom. The molecular weight excluding hydrogens is 252 g/mol. The number of anilines is 1. The van der Waals surface area contributed by atoms with Crippen molar-refractivity contribution in [2.45, 2.75) is 58.9 Å². The molecule has 1 aromatic heterocycles. The molecule has 1 fully saturated rings. The third-order valence-corrected chi connectivity index (χ3v) is 4.18. The van der Waals surface area contributed by atoms with Crippen molar-refractivity contribution in [2.24, 2.45) is 0 Å². The molecule has 0 bridgehead atoms. The van der Waals surface area contributed by atoms with E-state index in [1.165, 1.54) is 12.8 Å². The van der Waals surface area contributed by atoms with Crippen molar-refractivity contribution in [3.63, 3.8) is 0 Å². The summed E-state index contributed by atoms with van der Waals surface area (Å²) < 4.78 is 0. The van der Waals surface area contributed by atoms with Gasteiger partial charge in [-0.1, -0.05) is 19.8 Å². The minimum Gasteiger partial charge on any atom is -0.478 e. The van der Waals surface area contributed by atoms with Crippen molar-refractivity contribution in [3.05, 3.63) is 23.0 Å². The third kappa shape index (κ3) is 2.94. The molecule has 1 unspecified atom stereocenters. The molecule has 0 spiro atoms. The number of pyridine rings is 1. The first-order valence-electron chi connectivity index (χ1n) is 7.52. The van der Waals surface area contributed by atoms with Crippen molar-refractivity contribution in [1.82, 2.24) is 4.98 Å². The van der Waals surface area contributed by atoms with Gasteiger partial charge < -0.3 is 10.0 Å². The highest BCUT2D eigenvalue weighted by molar-refractivity contribution is 5.95. The average molecular weight is 276 g/mol. The van der Waals surface area contributed by atoms with Crippen LogP contribution in [0.15, 0.2) is 6.07 Å². The SMILES string of the molecule is CCC1CCCCCN1c1cc(C)nc(C)c1C(=O)O. The Labute approximate surface area is 120 Å². The molecule has 1 atom stereocenters. The minimum atomic E-state index is -0.871. The lowest BCUT2D eigenvalue weighted by atomic mass is 10.0. The number of hydrogen-bond donors (Lipinski definition) is 1. The summed E-state index contributed by atoms with van der Waals surface area (Å²) >= 11 is 0. The predicted octanol–water partition coefficient (Wildman–Crippen LogP) is 3.56. The fourth-order valence-corrected chi connectivity index (χ4v) is 3.22. The number of rotatable bonds is 3. The van der Waals surface area contributed by atoms with Crippen molar-refractivity contribution >= 4 is 11.7 Å². The van der Waals surface area contributed by atoms with Crippen molar-refractivity contribution in [1.29, 1.82) is 0 Å². The molecule has 4 nitrogen and oxygen atoms in total. The van der Waals surface area contributed by atoms with Gasteiger partial charge in [0.2, 0.25) is 0 Å². The van der Waals surface area contributed by atoms with E-state index in [0.29, 0.717) is 17.3 Å². The topological polar surface area (TPSA) is 53.4 Å². The van der Waals surface area contributed by atoms with Gasteiger partial charge in [0.05, 0.1) is 11.4 Å². The standard InChI is InChI=1S/C16H24N2O2/c1-4-13-8-6-5-7-9-18(13)14-10-11(2)17-12(3)15(14)16(19)20/h10,13H,4-9H2,1-3H3,(H,19,20). The highest BCUT2D eigenvalue weighted by Gasteiger charge is 2.25. The van der Waals surface area contributed by atoms with Crippen molar-refractivity contribution in [2.75, 3.05) is 11.4 Å². The molecule has 0 aliphatic carbocycles. The summed E-state index contributed by atoms with van der Waals surface area (Å²) in [4.78, 5) is 18.2. The van der Waals surface area contributed by atoms with E-state index >= 15 is 0 Å². The maximum Gasteiger partial charge on any atom is 0.339 e. The van der Waals surface area contributed by atoms with Crippen LogP contribution < -0.4 is 4.90 Å². The number of nitrogens with zero attached hydrogens (tertiary/aromatic N) is 2. The lowest BCUT2D eigenvalue weighted by Gasteiger charge is -2.33. The van der Waals surface area contributed by atoms with Crippen molar-refractivity contribution < 1.29 is 9.90 Å². The molecule has 110 valence electrons. The fourth-order valence-electron chi connectivity index (χ4n) is 3.22. The van der Waals surface area contributed by atoms with E-state index in [1.807, 2.05) is 13.0 Å². The predicted molar refractivity (Wildman–Crippen MR) is 80.6 cm³/mol. The number of carbonyl (C=O) groups is 1. The van der Waals surface area contributed by atoms with Crippen LogP contribution in [0, 0.1) is 13.8 Å². The zero-order chi connectivity index (χ0) is 14.7. The molecule has 4 heteroatoms. The van der Waals surface area contributed by atoms with Gasteiger partial charge in [0, 0.05) is 18.3 Å². The second-order valence-corrected chi connectivity index (χ2v) is 5.65. The molecule has 1 saturated heterocycles. The summed E-state index contributed by atoms with van der Waals surface area (Å²) in [6.45, 7) is 6.85. The molecule has 2 rings (SSSR count). The van der Waals surface area contributed by atoms with Gasteiger partial charge in [0.15, 0.2) is 0 Å². The molecule has 2 heterocycles. The smallest absolute Gasteiger partial charge is 0.339 e. The maximum absolute atomic E-state index is 11.6. The molecule has 0 amide bonds. The molecule has 0 radical (unpaired) electrons. The summed E-state index contributed by atoms with van der Waals surface area (Å²) in [6, 6.07) is 2.38. The van der Waals surface area contributed by atoms with Gasteiger partial charge in [0.1, 0.15) is 5.56 Å². The summed E-state index contributed by atoms with van der Waals surface area (Å²) in [5.41, 5.74) is 2.74. The van der Waals surface area contributed by atoms with Gasteiger partial charge in [-0.05, 0) is 39.2 Å². The van der Waals surface area contributed by atoms with Crippen LogP contribution in [-0.2, 0) is 0 Å². The highest BCUT2D eigenvalue weighted by Crippen LogP contribution is 2.30. The zero-order valence-electron chi connectivity index (χ0n) is 12.6. The third-order valence-electron chi connectivity index (χ3n) is 4.18. The normalized spacial score (nSPS) is 19.8. The van der Waals surface area contributed by atoms with Crippen LogP contribution in [-0.4, -0.2) is 28.6 Å². The zero-order valence-corrected chi connectivity index (χ0v) is 12.6. The summed E-state index contributed by atoms with van der Waals surface area (Å²) in [5.74, 6) is -0.871. The van der Waals surface area contributed by atoms with Gasteiger partial charge in [-0.3, -0.25) is 4.98 Å². The average Bonchev–Trinajstić information content (AvgIpc) is 2.61. The van der Waals surface area contributed by atoms with Crippen LogP contribution in [0.3, 0.4) is 0 Å². The van der Waals surface area contributed by atoms with E-state index in [9.17, 15) is 9.90 Å². The van der Waals surface area contributed by atoms with E-state index in [0.717, 1.165) is 37.2 Å². The molecule has 1 aromatic rings. The number of carboxylic acids is 1. The van der Waals surface area contributed by atoms with E-state index in [2.05, 4.69) is 16.8 Å². The van der Waals surface area contributed by atoms with Crippen LogP contribution in [0.4, 0.5) is 5.69 Å². The Morgan fingerprint density at radius 3 is 2.80 bits per heavy atom. The first-order chi connectivity index (χ1) is 9.54. The first-order valence-corrected chi connectivity index (χ1v) is 7.52. The largest absolute Gasteiger partial charge is 0.478 e. The van der Waals surface area contributed by atoms with Gasteiger partial charge in [0.25, 0.3) is 0 Å². The van der Waals surface area contributed by atoms with Crippen molar-refractivity contribution in [3.8, 4) is 0 Å². The molecule has 1 aliphatic heterocycles. The van der Waals surface area contributed by atoms with Crippen LogP contribution in [0.1, 0.15) is 60.8 Å². The number of aromatic carboxylic acids is 1. The summed E-state index contributed by atoms with van der Waals surface area (Å²) in [5, 5.41) is 9.53. The Kier molecular flexibility index (Phi) is 4.63. The lowest BCUT2D eigenvalue weighted by molar-refractivity contribution is 0.0696. The Morgan fingerprint density at radius 1 is 1.40 bits per heavy atom. The van der Waals surface area contributed by atoms with E-state index in [1.54, 1.807) is 6.92 Å². The van der Waals surface area contributed by atoms with Crippen LogP contribution in [0.25, 0.3) is 0 Å².